The lowest BCUT2D eigenvalue weighted by Gasteiger charge is -2.22. The van der Waals surface area contributed by atoms with Crippen LogP contribution in [0.1, 0.15) is 38.5 Å². The normalized spacial score (nSPS) is 13.3. The van der Waals surface area contributed by atoms with Crippen LogP contribution in [0.3, 0.4) is 0 Å². The van der Waals surface area contributed by atoms with Crippen LogP contribution in [0.25, 0.3) is 0 Å². The molecule has 0 aromatic carbocycles. The minimum Gasteiger partial charge on any atom is -0.466 e. The van der Waals surface area contributed by atoms with Crippen LogP contribution in [0.15, 0.2) is 0 Å². The molecule has 0 N–H and O–H groups in total. The first-order valence-corrected chi connectivity index (χ1v) is 7.32. The fraction of sp³-hybridized carbons (Fsp3) is 0.769. The van der Waals surface area contributed by atoms with Crippen LogP contribution in [-0.4, -0.2) is 30.0 Å². The number of rotatable bonds is 9. The second-order valence-corrected chi connectivity index (χ2v) is 5.54. The van der Waals surface area contributed by atoms with Crippen molar-refractivity contribution in [3.05, 3.63) is 9.93 Å². The van der Waals surface area contributed by atoms with Gasteiger partial charge in [0.2, 0.25) is 0 Å². The number of alkyl halides is 4. The molecule has 0 amide bonds. The highest BCUT2D eigenvalue weighted by atomic mass is 32.2. The molecular weight excluding hydrogens is 328 g/mol. The number of carbonyl (C=O) groups is 1. The average molecular weight is 346 g/mol. The molecule has 0 spiro atoms. The van der Waals surface area contributed by atoms with E-state index < -0.39 is 29.3 Å². The number of terminal acetylenes is 1. The molecule has 9 heteroatoms. The highest BCUT2D eigenvalue weighted by Gasteiger charge is 2.41. The molecule has 0 rings (SSSR count). The number of methoxy groups -OCH3 is 1. The highest BCUT2D eigenvalue weighted by Crippen LogP contribution is 2.36. The third-order valence-electron chi connectivity index (χ3n) is 2.53. The summed E-state index contributed by atoms with van der Waals surface area (Å²) in [6.45, 7) is 0. The van der Waals surface area contributed by atoms with Crippen LogP contribution in [0.5, 0.6) is 0 Å². The van der Waals surface area contributed by atoms with E-state index in [0.717, 1.165) is 7.11 Å². The van der Waals surface area contributed by atoms with Crippen LogP contribution in [0.2, 0.25) is 0 Å². The van der Waals surface area contributed by atoms with Gasteiger partial charge in [-0.05, 0) is 12.8 Å². The smallest absolute Gasteiger partial charge is 0.389 e. The summed E-state index contributed by atoms with van der Waals surface area (Å²) in [6, 6.07) is 0. The Hall–Kier alpha value is -1.30. The molecule has 0 aromatic rings. The van der Waals surface area contributed by atoms with Gasteiger partial charge in [-0.1, -0.05) is 6.42 Å². The summed E-state index contributed by atoms with van der Waals surface area (Å²) < 4.78 is 54.8. The molecule has 1 atom stereocenters. The summed E-state index contributed by atoms with van der Waals surface area (Å²) in [6.07, 6.45) is 1.62. The molecule has 22 heavy (non-hydrogen) atoms. The first-order valence-electron chi connectivity index (χ1n) is 6.33. The van der Waals surface area contributed by atoms with Gasteiger partial charge in [0.25, 0.3) is 5.00 Å². The van der Waals surface area contributed by atoms with Gasteiger partial charge in [0.05, 0.1) is 13.5 Å². The Morgan fingerprint density at radius 1 is 1.14 bits per heavy atom. The highest BCUT2D eigenvalue weighted by molar-refractivity contribution is 8.01. The van der Waals surface area contributed by atoms with Gasteiger partial charge in [0, 0.05) is 28.5 Å². The quantitative estimate of drug-likeness (QED) is 0.271. The summed E-state index contributed by atoms with van der Waals surface area (Å²) in [5, 5.41) is -2.42. The third-order valence-corrected chi connectivity index (χ3v) is 3.76. The lowest BCUT2D eigenvalue weighted by Crippen LogP contribution is -2.32. The van der Waals surface area contributed by atoms with Crippen molar-refractivity contribution in [2.45, 2.75) is 49.7 Å². The number of thioether (sulfide) groups is 1. The largest absolute Gasteiger partial charge is 0.466 e. The summed E-state index contributed by atoms with van der Waals surface area (Å²) in [7, 11) is 1.01. The van der Waals surface area contributed by atoms with Crippen molar-refractivity contribution in [2.75, 3.05) is 12.9 Å². The van der Waals surface area contributed by atoms with Crippen molar-refractivity contribution in [2.24, 2.45) is 0 Å². The van der Waals surface area contributed by atoms with Crippen LogP contribution in [0, 0.1) is 22.3 Å². The predicted octanol–water partition coefficient (Wildman–Crippen LogP) is 4.16. The Kier molecular flexibility index (Phi) is 12.8. The number of unbranched alkanes of at least 4 members (excludes halogenated alkanes) is 3. The molecule has 0 aliphatic rings. The fourth-order valence-corrected chi connectivity index (χ4v) is 2.62. The zero-order chi connectivity index (χ0) is 17.6. The zero-order valence-electron chi connectivity index (χ0n) is 12.1. The number of hydrogen-bond acceptors (Lipinski definition) is 5. The van der Waals surface area contributed by atoms with Gasteiger partial charge in [0.1, 0.15) is 0 Å². The Morgan fingerprint density at radius 2 is 1.73 bits per heavy atom. The van der Waals surface area contributed by atoms with Crippen molar-refractivity contribution < 1.29 is 27.1 Å². The molecule has 0 radical (unpaired) electrons. The lowest BCUT2D eigenvalue weighted by atomic mass is 10.1. The topological polar surface area (TPSA) is 60.4 Å². The summed E-state index contributed by atoms with van der Waals surface area (Å²) in [5.41, 5.74) is 0. The Bertz CT molecular complexity index is 357. The second kappa shape index (κ2) is 12.3. The van der Waals surface area contributed by atoms with Crippen molar-refractivity contribution in [3.63, 3.8) is 0 Å². The van der Waals surface area contributed by atoms with E-state index in [4.69, 9.17) is 16.4 Å². The van der Waals surface area contributed by atoms with E-state index in [1.54, 1.807) is 0 Å². The minimum atomic E-state index is -4.36. The monoisotopic (exact) mass is 346 g/mol. The molecule has 0 heterocycles. The van der Waals surface area contributed by atoms with Gasteiger partial charge < -0.3 is 4.74 Å². The van der Waals surface area contributed by atoms with Crippen molar-refractivity contribution in [1.29, 1.82) is 0 Å². The molecule has 0 fully saturated rings. The van der Waals surface area contributed by atoms with Gasteiger partial charge in [-0.2, -0.15) is 13.2 Å². The van der Waals surface area contributed by atoms with Gasteiger partial charge in [-0.3, -0.25) is 0 Å². The van der Waals surface area contributed by atoms with Crippen LogP contribution >= 0.6 is 11.8 Å². The number of hydrogen-bond donors (Lipinski definition) is 0. The number of carbonyl (C=O) groups excluding carboxylic acids is 1. The summed E-state index contributed by atoms with van der Waals surface area (Å²) >= 11 is 0.346. The van der Waals surface area contributed by atoms with E-state index in [0.29, 0.717) is 37.4 Å². The average Bonchev–Trinajstić information content (AvgIpc) is 2.47. The van der Waals surface area contributed by atoms with E-state index >= 15 is 0 Å². The summed E-state index contributed by atoms with van der Waals surface area (Å²) in [5.74, 6) is 0.783. The van der Waals surface area contributed by atoms with Gasteiger partial charge >= 0.3 is 12.1 Å². The molecule has 128 valence electrons. The first kappa shape index (κ1) is 23.0. The van der Waals surface area contributed by atoms with Gasteiger partial charge in [-0.15, -0.1) is 24.1 Å². The second-order valence-electron chi connectivity index (χ2n) is 4.20. The van der Waals surface area contributed by atoms with E-state index in [1.807, 2.05) is 0 Å². The number of esters is 1. The Labute approximate surface area is 130 Å². The third kappa shape index (κ3) is 11.4. The molecule has 4 nitrogen and oxygen atoms in total. The number of ether oxygens (including phenoxy) is 1. The molecule has 0 aliphatic carbocycles. The molecule has 0 aromatic heterocycles. The molecule has 0 saturated heterocycles. The van der Waals surface area contributed by atoms with Crippen molar-refractivity contribution in [1.82, 2.24) is 0 Å². The van der Waals surface area contributed by atoms with E-state index in [-0.39, 0.29) is 6.42 Å². The minimum absolute atomic E-state index is 0.174. The van der Waals surface area contributed by atoms with Crippen LogP contribution in [0.4, 0.5) is 17.6 Å². The van der Waals surface area contributed by atoms with Gasteiger partial charge in [-0.25, -0.2) is 9.18 Å². The van der Waals surface area contributed by atoms with Crippen LogP contribution < -0.4 is 0 Å². The Morgan fingerprint density at radius 3 is 2.18 bits per heavy atom. The predicted molar refractivity (Wildman–Crippen MR) is 77.6 cm³/mol. The number of halogens is 4. The fourth-order valence-electron chi connectivity index (χ4n) is 1.47. The Balaban J connectivity index is 0. The molecule has 0 saturated carbocycles. The van der Waals surface area contributed by atoms with Gasteiger partial charge in [0.15, 0.2) is 0 Å². The lowest BCUT2D eigenvalue weighted by molar-refractivity contribution is -0.149. The maximum atomic E-state index is 14.4. The molecule has 0 bridgehead atoms. The van der Waals surface area contributed by atoms with E-state index in [1.165, 1.54) is 0 Å². The van der Waals surface area contributed by atoms with E-state index in [9.17, 15) is 22.4 Å². The SMILES string of the molecule is C#CCCCCCC(F)(SCCC(F)(F)F)C(=O)OC.O=O. The molecular formula is C13H18F4O4S. The first-order chi connectivity index (χ1) is 10.2. The summed E-state index contributed by atoms with van der Waals surface area (Å²) in [4.78, 5) is 25.4. The van der Waals surface area contributed by atoms with E-state index in [2.05, 4.69) is 10.7 Å². The standard InChI is InChI=1S/C13H18F4O2S.O2/c1-3-4-5-6-7-8-12(14,11(18)19-2)20-10-9-13(15,16)17;1-2/h1H,4-10H2,2H3;. The van der Waals surface area contributed by atoms with Crippen molar-refractivity contribution >= 4 is 17.7 Å². The zero-order valence-corrected chi connectivity index (χ0v) is 12.9. The van der Waals surface area contributed by atoms with Crippen LogP contribution in [-0.2, 0) is 9.53 Å². The van der Waals surface area contributed by atoms with Crippen molar-refractivity contribution in [3.8, 4) is 12.3 Å². The molecule has 0 aliphatic heterocycles. The molecule has 1 unspecified atom stereocenters. The maximum absolute atomic E-state index is 14.4. The maximum Gasteiger partial charge on any atom is 0.389 e.